The van der Waals surface area contributed by atoms with Crippen LogP contribution in [0.1, 0.15) is 12.8 Å². The van der Waals surface area contributed by atoms with Crippen molar-refractivity contribution in [1.82, 2.24) is 9.71 Å². The third-order valence-electron chi connectivity index (χ3n) is 4.83. The summed E-state index contributed by atoms with van der Waals surface area (Å²) in [5.41, 5.74) is 3.31. The molecule has 3 aromatic rings. The zero-order valence-electron chi connectivity index (χ0n) is 14.3. The normalized spacial score (nSPS) is 18.3. The lowest BCUT2D eigenvalue weighted by Gasteiger charge is -2.33. The third kappa shape index (κ3) is 2.93. The molecule has 130 valence electrons. The number of aromatic nitrogens is 1. The van der Waals surface area contributed by atoms with Crippen LogP contribution in [0.4, 0.5) is 5.69 Å². The van der Waals surface area contributed by atoms with E-state index in [1.807, 2.05) is 42.6 Å². The lowest BCUT2D eigenvalue weighted by molar-refractivity contribution is 0.481. The van der Waals surface area contributed by atoms with Crippen molar-refractivity contribution in [2.75, 3.05) is 11.4 Å². The first-order chi connectivity index (χ1) is 12.9. The molecule has 5 heteroatoms. The molecule has 0 amide bonds. The summed E-state index contributed by atoms with van der Waals surface area (Å²) in [5.74, 6) is 1.68. The zero-order valence-corrected chi connectivity index (χ0v) is 15.1. The van der Waals surface area contributed by atoms with Gasteiger partial charge in [-0.05, 0) is 67.3 Å². The summed E-state index contributed by atoms with van der Waals surface area (Å²) in [6, 6.07) is 20.4. The van der Waals surface area contributed by atoms with Crippen LogP contribution in [-0.2, 0) is 0 Å². The van der Waals surface area contributed by atoms with Gasteiger partial charge in [-0.2, -0.15) is 0 Å². The van der Waals surface area contributed by atoms with Crippen molar-refractivity contribution < 1.29 is 4.74 Å². The first-order valence-corrected chi connectivity index (χ1v) is 9.71. The molecule has 26 heavy (non-hydrogen) atoms. The average molecular weight is 361 g/mol. The summed E-state index contributed by atoms with van der Waals surface area (Å²) in [7, 11) is 0. The van der Waals surface area contributed by atoms with E-state index in [1.165, 1.54) is 23.4 Å². The predicted octanol–water partition coefficient (Wildman–Crippen LogP) is 5.08. The number of pyridine rings is 1. The first-order valence-electron chi connectivity index (χ1n) is 8.89. The maximum absolute atomic E-state index is 6.13. The molecular formula is C21H19N3OS. The molecule has 2 aliphatic heterocycles. The number of anilines is 1. The highest BCUT2D eigenvalue weighted by molar-refractivity contribution is 7.97. The van der Waals surface area contributed by atoms with Crippen molar-refractivity contribution >= 4 is 17.6 Å². The van der Waals surface area contributed by atoms with E-state index in [0.717, 1.165) is 29.3 Å². The SMILES string of the molecule is c1ccc(-c2cccc(Oc3ccc4c(c3)SNC3CCCN43)c2)nc1. The van der Waals surface area contributed by atoms with Gasteiger partial charge in [0.1, 0.15) is 11.5 Å². The highest BCUT2D eigenvalue weighted by atomic mass is 32.2. The second-order valence-electron chi connectivity index (χ2n) is 6.55. The largest absolute Gasteiger partial charge is 0.457 e. The van der Waals surface area contributed by atoms with Crippen LogP contribution in [-0.4, -0.2) is 17.7 Å². The summed E-state index contributed by atoms with van der Waals surface area (Å²) >= 11 is 1.71. The summed E-state index contributed by atoms with van der Waals surface area (Å²) in [6.07, 6.45) is 4.73. The molecule has 5 rings (SSSR count). The van der Waals surface area contributed by atoms with E-state index < -0.39 is 0 Å². The number of benzene rings is 2. The van der Waals surface area contributed by atoms with Gasteiger partial charge in [0.25, 0.3) is 0 Å². The Morgan fingerprint density at radius 2 is 2.00 bits per heavy atom. The Hall–Kier alpha value is -2.50. The average Bonchev–Trinajstić information content (AvgIpc) is 3.18. The molecule has 1 atom stereocenters. The molecule has 4 nitrogen and oxygen atoms in total. The van der Waals surface area contributed by atoms with Crippen molar-refractivity contribution in [1.29, 1.82) is 0 Å². The van der Waals surface area contributed by atoms with Crippen LogP contribution in [0.15, 0.2) is 71.8 Å². The van der Waals surface area contributed by atoms with E-state index in [9.17, 15) is 0 Å². The van der Waals surface area contributed by atoms with Gasteiger partial charge < -0.3 is 9.64 Å². The Kier molecular flexibility index (Phi) is 4.03. The van der Waals surface area contributed by atoms with E-state index >= 15 is 0 Å². The fraction of sp³-hybridized carbons (Fsp3) is 0.190. The van der Waals surface area contributed by atoms with Gasteiger partial charge in [0.05, 0.1) is 17.5 Å². The highest BCUT2D eigenvalue weighted by Crippen LogP contribution is 2.41. The van der Waals surface area contributed by atoms with E-state index in [1.54, 1.807) is 11.9 Å². The number of rotatable bonds is 3. The van der Waals surface area contributed by atoms with Gasteiger partial charge in [-0.3, -0.25) is 4.98 Å². The fourth-order valence-electron chi connectivity index (χ4n) is 3.57. The smallest absolute Gasteiger partial charge is 0.128 e. The van der Waals surface area contributed by atoms with Crippen LogP contribution in [0.25, 0.3) is 11.3 Å². The minimum Gasteiger partial charge on any atom is -0.457 e. The predicted molar refractivity (Wildman–Crippen MR) is 106 cm³/mol. The van der Waals surface area contributed by atoms with E-state index in [-0.39, 0.29) is 0 Å². The molecule has 1 fully saturated rings. The van der Waals surface area contributed by atoms with Crippen LogP contribution < -0.4 is 14.4 Å². The summed E-state index contributed by atoms with van der Waals surface area (Å²) < 4.78 is 9.67. The van der Waals surface area contributed by atoms with Crippen molar-refractivity contribution in [3.8, 4) is 22.8 Å². The van der Waals surface area contributed by atoms with Gasteiger partial charge in [-0.25, -0.2) is 4.72 Å². The quantitative estimate of drug-likeness (QED) is 0.659. The lowest BCUT2D eigenvalue weighted by Crippen LogP contribution is -2.41. The standard InChI is InChI=1S/C21H19N3OS/c1-2-11-22-18(7-1)15-5-3-6-16(13-15)25-17-9-10-19-20(14-17)26-23-21-8-4-12-24(19)21/h1-3,5-7,9-11,13-14,21,23H,4,8,12H2. The minimum absolute atomic E-state index is 0.467. The molecule has 2 aromatic carbocycles. The number of nitrogens with one attached hydrogen (secondary N) is 1. The number of hydrogen-bond acceptors (Lipinski definition) is 5. The van der Waals surface area contributed by atoms with Gasteiger partial charge >= 0.3 is 0 Å². The summed E-state index contributed by atoms with van der Waals surface area (Å²) in [4.78, 5) is 8.09. The fourth-order valence-corrected chi connectivity index (χ4v) is 4.55. The molecule has 1 unspecified atom stereocenters. The van der Waals surface area contributed by atoms with Crippen LogP contribution in [0, 0.1) is 0 Å². The summed E-state index contributed by atoms with van der Waals surface area (Å²) in [5, 5.41) is 0. The summed E-state index contributed by atoms with van der Waals surface area (Å²) in [6.45, 7) is 1.12. The van der Waals surface area contributed by atoms with Gasteiger partial charge in [0.2, 0.25) is 0 Å². The monoisotopic (exact) mass is 361 g/mol. The van der Waals surface area contributed by atoms with Crippen LogP contribution in [0.5, 0.6) is 11.5 Å². The second-order valence-corrected chi connectivity index (χ2v) is 7.43. The van der Waals surface area contributed by atoms with Gasteiger partial charge in [0.15, 0.2) is 0 Å². The minimum atomic E-state index is 0.467. The molecule has 3 heterocycles. The van der Waals surface area contributed by atoms with Crippen LogP contribution in [0.2, 0.25) is 0 Å². The molecule has 2 aliphatic rings. The Labute approximate surface area is 157 Å². The number of ether oxygens (including phenoxy) is 1. The molecule has 0 aliphatic carbocycles. The molecule has 0 spiro atoms. The van der Waals surface area contributed by atoms with Crippen molar-refractivity contribution in [2.24, 2.45) is 0 Å². The van der Waals surface area contributed by atoms with Gasteiger partial charge in [0, 0.05) is 23.2 Å². The first kappa shape index (κ1) is 15.7. The third-order valence-corrected chi connectivity index (χ3v) is 5.77. The number of nitrogens with zero attached hydrogens (tertiary/aromatic N) is 2. The Bertz CT molecular complexity index is 932. The zero-order chi connectivity index (χ0) is 17.3. The Morgan fingerprint density at radius 3 is 2.92 bits per heavy atom. The highest BCUT2D eigenvalue weighted by Gasteiger charge is 2.30. The number of fused-ring (bicyclic) bond motifs is 3. The van der Waals surface area contributed by atoms with E-state index in [0.29, 0.717) is 6.17 Å². The topological polar surface area (TPSA) is 37.4 Å². The molecule has 1 N–H and O–H groups in total. The maximum atomic E-state index is 6.13. The molecule has 1 aromatic heterocycles. The Morgan fingerprint density at radius 1 is 1.04 bits per heavy atom. The Balaban J connectivity index is 1.40. The molecular weight excluding hydrogens is 342 g/mol. The molecule has 0 bridgehead atoms. The van der Waals surface area contributed by atoms with Gasteiger partial charge in [-0.15, -0.1) is 0 Å². The van der Waals surface area contributed by atoms with Crippen LogP contribution >= 0.6 is 11.9 Å². The van der Waals surface area contributed by atoms with Crippen molar-refractivity contribution in [3.05, 3.63) is 66.9 Å². The molecule has 0 radical (unpaired) electrons. The van der Waals surface area contributed by atoms with E-state index in [2.05, 4.69) is 38.9 Å². The van der Waals surface area contributed by atoms with Gasteiger partial charge in [-0.1, -0.05) is 18.2 Å². The van der Waals surface area contributed by atoms with Crippen LogP contribution in [0.3, 0.4) is 0 Å². The van der Waals surface area contributed by atoms with Crippen molar-refractivity contribution in [2.45, 2.75) is 23.9 Å². The number of hydrogen-bond donors (Lipinski definition) is 1. The maximum Gasteiger partial charge on any atom is 0.128 e. The molecule has 1 saturated heterocycles. The van der Waals surface area contributed by atoms with E-state index in [4.69, 9.17) is 4.74 Å². The molecule has 0 saturated carbocycles. The second kappa shape index (κ2) is 6.67. The lowest BCUT2D eigenvalue weighted by atomic mass is 10.1. The van der Waals surface area contributed by atoms with Crippen molar-refractivity contribution in [3.63, 3.8) is 0 Å².